The fourth-order valence-electron chi connectivity index (χ4n) is 3.66. The van der Waals surface area contributed by atoms with Gasteiger partial charge in [0.1, 0.15) is 23.5 Å². The smallest absolute Gasteiger partial charge is 0.197 e. The van der Waals surface area contributed by atoms with E-state index in [1.54, 1.807) is 31.5 Å². The van der Waals surface area contributed by atoms with Crippen LogP contribution >= 0.6 is 11.6 Å². The lowest BCUT2D eigenvalue weighted by atomic mass is 9.92. The van der Waals surface area contributed by atoms with Crippen molar-refractivity contribution >= 4 is 34.2 Å². The summed E-state index contributed by atoms with van der Waals surface area (Å²) in [6.45, 7) is 0. The van der Waals surface area contributed by atoms with Crippen LogP contribution in [0.3, 0.4) is 0 Å². The molecular formula is C20H22ClN5O2. The van der Waals surface area contributed by atoms with Gasteiger partial charge in [0.15, 0.2) is 5.78 Å². The van der Waals surface area contributed by atoms with E-state index in [4.69, 9.17) is 22.1 Å². The van der Waals surface area contributed by atoms with Crippen LogP contribution in [-0.4, -0.2) is 39.9 Å². The van der Waals surface area contributed by atoms with Crippen molar-refractivity contribution in [1.82, 2.24) is 15.0 Å². The van der Waals surface area contributed by atoms with Crippen molar-refractivity contribution in [2.75, 3.05) is 12.4 Å². The third-order valence-corrected chi connectivity index (χ3v) is 5.57. The molecule has 4 N–H and O–H groups in total. The summed E-state index contributed by atoms with van der Waals surface area (Å²) in [5, 5.41) is 4.51. The van der Waals surface area contributed by atoms with E-state index in [1.807, 2.05) is 0 Å². The van der Waals surface area contributed by atoms with E-state index in [2.05, 4.69) is 20.3 Å². The number of aromatic amines is 1. The van der Waals surface area contributed by atoms with Crippen LogP contribution in [0.5, 0.6) is 5.75 Å². The lowest BCUT2D eigenvalue weighted by molar-refractivity contribution is 0.104. The molecule has 0 bridgehead atoms. The van der Waals surface area contributed by atoms with Crippen LogP contribution in [0.2, 0.25) is 5.02 Å². The van der Waals surface area contributed by atoms with Gasteiger partial charge in [-0.2, -0.15) is 0 Å². The van der Waals surface area contributed by atoms with Gasteiger partial charge in [-0.25, -0.2) is 9.97 Å². The number of halogens is 1. The summed E-state index contributed by atoms with van der Waals surface area (Å²) in [4.78, 5) is 25.0. The van der Waals surface area contributed by atoms with E-state index in [0.717, 1.165) is 25.7 Å². The van der Waals surface area contributed by atoms with E-state index >= 15 is 0 Å². The first-order valence-electron chi connectivity index (χ1n) is 9.29. The number of fused-ring (bicyclic) bond motifs is 1. The SMILES string of the molecule is COc1ccc(Cl)c(C(=O)c2c[nH]c3ncnc(N[C@H]4CC[C@@H](N)CC4)c23)c1. The molecule has 0 saturated heterocycles. The van der Waals surface area contributed by atoms with Gasteiger partial charge >= 0.3 is 0 Å². The number of nitrogens with two attached hydrogens (primary N) is 1. The molecule has 2 aromatic heterocycles. The average Bonchev–Trinajstić information content (AvgIpc) is 3.15. The Hall–Kier alpha value is -2.64. The maximum Gasteiger partial charge on any atom is 0.197 e. The van der Waals surface area contributed by atoms with Crippen LogP contribution in [-0.2, 0) is 0 Å². The molecule has 0 atom stereocenters. The number of hydrogen-bond donors (Lipinski definition) is 3. The maximum atomic E-state index is 13.2. The summed E-state index contributed by atoms with van der Waals surface area (Å²) < 4.78 is 5.23. The maximum absolute atomic E-state index is 13.2. The zero-order valence-corrected chi connectivity index (χ0v) is 16.3. The van der Waals surface area contributed by atoms with Gasteiger partial charge in [-0.15, -0.1) is 0 Å². The molecule has 7 nitrogen and oxygen atoms in total. The summed E-state index contributed by atoms with van der Waals surface area (Å²) >= 11 is 6.28. The van der Waals surface area contributed by atoms with Gasteiger partial charge < -0.3 is 20.8 Å². The molecule has 1 aliphatic rings. The third-order valence-electron chi connectivity index (χ3n) is 5.25. The molecule has 28 heavy (non-hydrogen) atoms. The topological polar surface area (TPSA) is 106 Å². The van der Waals surface area contributed by atoms with Gasteiger partial charge in [0.25, 0.3) is 0 Å². The number of carbonyl (C=O) groups is 1. The lowest BCUT2D eigenvalue weighted by Gasteiger charge is -2.27. The van der Waals surface area contributed by atoms with Crippen molar-refractivity contribution in [3.63, 3.8) is 0 Å². The third kappa shape index (κ3) is 3.55. The second-order valence-electron chi connectivity index (χ2n) is 7.08. The number of carbonyl (C=O) groups excluding carboxylic acids is 1. The number of ketones is 1. The van der Waals surface area contributed by atoms with E-state index in [9.17, 15) is 4.79 Å². The Balaban J connectivity index is 1.71. The number of H-pyrrole nitrogens is 1. The van der Waals surface area contributed by atoms with Crippen molar-refractivity contribution in [3.05, 3.63) is 46.9 Å². The molecular weight excluding hydrogens is 378 g/mol. The van der Waals surface area contributed by atoms with E-state index in [-0.39, 0.29) is 17.9 Å². The fourth-order valence-corrected chi connectivity index (χ4v) is 3.86. The highest BCUT2D eigenvalue weighted by atomic mass is 35.5. The first kappa shape index (κ1) is 18.7. The molecule has 0 spiro atoms. The molecule has 0 radical (unpaired) electrons. The molecule has 8 heteroatoms. The van der Waals surface area contributed by atoms with E-state index in [1.165, 1.54) is 6.33 Å². The largest absolute Gasteiger partial charge is 0.497 e. The summed E-state index contributed by atoms with van der Waals surface area (Å²) in [5.74, 6) is 1.01. The summed E-state index contributed by atoms with van der Waals surface area (Å²) in [6, 6.07) is 5.56. The molecule has 1 saturated carbocycles. The van der Waals surface area contributed by atoms with E-state index in [0.29, 0.717) is 38.8 Å². The highest BCUT2D eigenvalue weighted by Crippen LogP contribution is 2.31. The molecule has 2 heterocycles. The Labute approximate surface area is 167 Å². The van der Waals surface area contributed by atoms with Gasteiger partial charge in [-0.3, -0.25) is 4.79 Å². The number of nitrogens with zero attached hydrogens (tertiary/aromatic N) is 2. The second kappa shape index (κ2) is 7.77. The minimum atomic E-state index is -0.210. The Bertz CT molecular complexity index is 1010. The zero-order valence-electron chi connectivity index (χ0n) is 15.5. The number of aromatic nitrogens is 3. The van der Waals surface area contributed by atoms with Gasteiger partial charge in [0, 0.05) is 23.8 Å². The van der Waals surface area contributed by atoms with Gasteiger partial charge in [-0.05, 0) is 43.9 Å². The number of rotatable bonds is 5. The first-order valence-corrected chi connectivity index (χ1v) is 9.67. The Morgan fingerprint density at radius 3 is 2.79 bits per heavy atom. The Morgan fingerprint density at radius 2 is 2.04 bits per heavy atom. The highest BCUT2D eigenvalue weighted by Gasteiger charge is 2.24. The number of methoxy groups -OCH3 is 1. The van der Waals surface area contributed by atoms with Crippen LogP contribution in [0, 0.1) is 0 Å². The first-order chi connectivity index (χ1) is 13.6. The molecule has 0 amide bonds. The van der Waals surface area contributed by atoms with Crippen LogP contribution in [0.25, 0.3) is 11.0 Å². The molecule has 1 aromatic carbocycles. The predicted octanol–water partition coefficient (Wildman–Crippen LogP) is 3.53. The summed E-state index contributed by atoms with van der Waals surface area (Å²) in [5.41, 5.74) is 7.46. The summed E-state index contributed by atoms with van der Waals surface area (Å²) in [7, 11) is 1.55. The van der Waals surface area contributed by atoms with Gasteiger partial charge in [0.2, 0.25) is 0 Å². The average molecular weight is 400 g/mol. The number of anilines is 1. The molecule has 4 rings (SSSR count). The second-order valence-corrected chi connectivity index (χ2v) is 7.49. The monoisotopic (exact) mass is 399 g/mol. The highest BCUT2D eigenvalue weighted by molar-refractivity contribution is 6.35. The van der Waals surface area contributed by atoms with Crippen molar-refractivity contribution in [2.24, 2.45) is 5.73 Å². The fraction of sp³-hybridized carbons (Fsp3) is 0.350. The summed E-state index contributed by atoms with van der Waals surface area (Å²) in [6.07, 6.45) is 7.04. The molecule has 0 aliphatic heterocycles. The normalized spacial score (nSPS) is 19.5. The van der Waals surface area contributed by atoms with Crippen molar-refractivity contribution in [2.45, 2.75) is 37.8 Å². The number of nitrogens with one attached hydrogen (secondary N) is 2. The number of ether oxygens (including phenoxy) is 1. The zero-order chi connectivity index (χ0) is 19.7. The molecule has 1 fully saturated rings. The van der Waals surface area contributed by atoms with Crippen LogP contribution in [0.15, 0.2) is 30.7 Å². The quantitative estimate of drug-likeness (QED) is 0.566. The minimum Gasteiger partial charge on any atom is -0.497 e. The molecule has 1 aliphatic carbocycles. The van der Waals surface area contributed by atoms with Crippen LogP contribution in [0.1, 0.15) is 41.6 Å². The van der Waals surface area contributed by atoms with Gasteiger partial charge in [0.05, 0.1) is 23.1 Å². The van der Waals surface area contributed by atoms with Crippen LogP contribution < -0.4 is 15.8 Å². The Kier molecular flexibility index (Phi) is 5.19. The Morgan fingerprint density at radius 1 is 1.25 bits per heavy atom. The van der Waals surface area contributed by atoms with Crippen molar-refractivity contribution in [3.8, 4) is 5.75 Å². The standard InChI is InChI=1S/C20H22ClN5O2/c1-28-13-6-7-16(21)14(8-13)18(27)15-9-23-19-17(15)20(25-10-24-19)26-12-4-2-11(22)3-5-12/h6-12H,2-5,22H2,1H3,(H2,23,24,25,26)/t11-,12+. The van der Waals surface area contributed by atoms with Crippen molar-refractivity contribution in [1.29, 1.82) is 0 Å². The minimum absolute atomic E-state index is 0.210. The van der Waals surface area contributed by atoms with Gasteiger partial charge in [-0.1, -0.05) is 11.6 Å². The van der Waals surface area contributed by atoms with Crippen molar-refractivity contribution < 1.29 is 9.53 Å². The lowest BCUT2D eigenvalue weighted by Crippen LogP contribution is -2.33. The van der Waals surface area contributed by atoms with E-state index < -0.39 is 0 Å². The predicted molar refractivity (Wildman–Crippen MR) is 109 cm³/mol. The number of benzene rings is 1. The number of hydrogen-bond acceptors (Lipinski definition) is 6. The van der Waals surface area contributed by atoms with Crippen LogP contribution in [0.4, 0.5) is 5.82 Å². The molecule has 146 valence electrons. The molecule has 3 aromatic rings. The molecule has 0 unspecified atom stereocenters.